The third-order valence-electron chi connectivity index (χ3n) is 6.43. The maximum atomic E-state index is 13.2. The van der Waals surface area contributed by atoms with Crippen LogP contribution in [-0.2, 0) is 19.6 Å². The third-order valence-corrected chi connectivity index (χ3v) is 8.00. The summed E-state index contributed by atoms with van der Waals surface area (Å²) in [5.41, 5.74) is 3.37. The second-order valence-corrected chi connectivity index (χ2v) is 11.0. The lowest BCUT2D eigenvalue weighted by Crippen LogP contribution is -2.32. The van der Waals surface area contributed by atoms with E-state index >= 15 is 0 Å². The lowest BCUT2D eigenvalue weighted by molar-refractivity contribution is -0.114. The minimum absolute atomic E-state index is 0.0929. The van der Waals surface area contributed by atoms with Gasteiger partial charge in [-0.15, -0.1) is 10.2 Å². The summed E-state index contributed by atoms with van der Waals surface area (Å²) < 4.78 is 34.6. The molecule has 10 heteroatoms. The van der Waals surface area contributed by atoms with E-state index in [0.29, 0.717) is 34.9 Å². The topological polar surface area (TPSA) is 122 Å². The Kier molecular flexibility index (Phi) is 7.37. The number of nitrogens with one attached hydrogen (secondary N) is 3. The van der Waals surface area contributed by atoms with Crippen LogP contribution in [0.4, 0.5) is 17.2 Å². The Labute approximate surface area is 221 Å². The summed E-state index contributed by atoms with van der Waals surface area (Å²) in [6, 6.07) is 20.3. The molecule has 0 spiro atoms. The van der Waals surface area contributed by atoms with E-state index in [4.69, 9.17) is 4.74 Å². The Hall–Kier alpha value is -3.86. The predicted molar refractivity (Wildman–Crippen MR) is 148 cm³/mol. The van der Waals surface area contributed by atoms with E-state index in [1.807, 2.05) is 42.5 Å². The number of rotatable bonds is 8. The van der Waals surface area contributed by atoms with Crippen molar-refractivity contribution in [2.24, 2.45) is 0 Å². The van der Waals surface area contributed by atoms with Crippen molar-refractivity contribution in [2.45, 2.75) is 37.7 Å². The van der Waals surface area contributed by atoms with E-state index in [0.717, 1.165) is 29.3 Å². The molecular formula is C28H29N5O4S. The second kappa shape index (κ2) is 10.9. The van der Waals surface area contributed by atoms with Crippen LogP contribution in [0.5, 0.6) is 0 Å². The van der Waals surface area contributed by atoms with Crippen LogP contribution in [0.1, 0.15) is 25.3 Å². The first-order valence-electron chi connectivity index (χ1n) is 12.4. The fourth-order valence-electron chi connectivity index (χ4n) is 4.51. The SMILES string of the molecule is CC(=O)Nc1ccc(Nc2nnc(-c3ccc(C)c(S(=O)(=O)NC[C@H]4CCCO4)c3)c3ccccc23)cc1. The number of anilines is 3. The molecule has 9 nitrogen and oxygen atoms in total. The summed E-state index contributed by atoms with van der Waals surface area (Å²) in [6.07, 6.45) is 1.70. The van der Waals surface area contributed by atoms with E-state index in [1.54, 1.807) is 31.2 Å². The van der Waals surface area contributed by atoms with E-state index in [1.165, 1.54) is 6.92 Å². The number of benzene rings is 3. The van der Waals surface area contributed by atoms with E-state index in [9.17, 15) is 13.2 Å². The fraction of sp³-hybridized carbons (Fsp3) is 0.250. The summed E-state index contributed by atoms with van der Waals surface area (Å²) in [7, 11) is -3.74. The van der Waals surface area contributed by atoms with Crippen LogP contribution in [0, 0.1) is 6.92 Å². The number of nitrogens with zero attached hydrogens (tertiary/aromatic N) is 2. The summed E-state index contributed by atoms with van der Waals surface area (Å²) in [6.45, 7) is 4.16. The maximum absolute atomic E-state index is 13.2. The highest BCUT2D eigenvalue weighted by Crippen LogP contribution is 2.33. The molecule has 1 fully saturated rings. The van der Waals surface area contributed by atoms with Crippen LogP contribution >= 0.6 is 0 Å². The van der Waals surface area contributed by atoms with Gasteiger partial charge in [-0.05, 0) is 55.7 Å². The number of hydrogen-bond acceptors (Lipinski definition) is 7. The molecule has 38 heavy (non-hydrogen) atoms. The van der Waals surface area contributed by atoms with Crippen molar-refractivity contribution in [3.63, 3.8) is 0 Å². The van der Waals surface area contributed by atoms with Crippen LogP contribution in [-0.4, -0.2) is 43.8 Å². The van der Waals surface area contributed by atoms with Crippen molar-refractivity contribution in [3.05, 3.63) is 72.3 Å². The molecule has 5 rings (SSSR count). The van der Waals surface area contributed by atoms with Gasteiger partial charge in [0.25, 0.3) is 0 Å². The molecule has 1 amide bonds. The smallest absolute Gasteiger partial charge is 0.240 e. The van der Waals surface area contributed by atoms with Crippen LogP contribution < -0.4 is 15.4 Å². The van der Waals surface area contributed by atoms with Gasteiger partial charge in [0.2, 0.25) is 15.9 Å². The van der Waals surface area contributed by atoms with Crippen LogP contribution in [0.2, 0.25) is 0 Å². The highest BCUT2D eigenvalue weighted by Gasteiger charge is 2.23. The molecule has 0 bridgehead atoms. The fourth-order valence-corrected chi connectivity index (χ4v) is 5.84. The van der Waals surface area contributed by atoms with Gasteiger partial charge in [0, 0.05) is 47.8 Å². The standard InChI is InChI=1S/C28H29N5O4S/c1-18-9-10-20(16-26(18)38(35,36)29-17-23-6-5-15-37-23)27-24-7-3-4-8-25(24)28(33-32-27)31-22-13-11-21(12-14-22)30-19(2)34/h3-4,7-14,16,23,29H,5-6,15,17H2,1-2H3,(H,30,34)(H,31,33)/t23-/m1/s1. The molecule has 1 aliphatic heterocycles. The van der Waals surface area contributed by atoms with Crippen LogP contribution in [0.3, 0.4) is 0 Å². The van der Waals surface area contributed by atoms with Gasteiger partial charge in [0.05, 0.1) is 11.0 Å². The first kappa shape index (κ1) is 25.8. The molecule has 3 aromatic carbocycles. The van der Waals surface area contributed by atoms with Crippen molar-refractivity contribution < 1.29 is 17.9 Å². The molecule has 3 N–H and O–H groups in total. The molecule has 1 atom stereocenters. The number of ether oxygens (including phenoxy) is 1. The zero-order valence-corrected chi connectivity index (χ0v) is 22.0. The van der Waals surface area contributed by atoms with Gasteiger partial charge in [0.1, 0.15) is 5.69 Å². The van der Waals surface area contributed by atoms with Crippen molar-refractivity contribution in [3.8, 4) is 11.3 Å². The lowest BCUT2D eigenvalue weighted by atomic mass is 10.0. The number of carbonyl (C=O) groups excluding carboxylic acids is 1. The van der Waals surface area contributed by atoms with Crippen LogP contribution in [0.25, 0.3) is 22.0 Å². The minimum atomic E-state index is -3.74. The Morgan fingerprint density at radius 3 is 2.45 bits per heavy atom. The highest BCUT2D eigenvalue weighted by atomic mass is 32.2. The van der Waals surface area contributed by atoms with Gasteiger partial charge in [0.15, 0.2) is 5.82 Å². The largest absolute Gasteiger partial charge is 0.377 e. The van der Waals surface area contributed by atoms with Crippen molar-refractivity contribution in [2.75, 3.05) is 23.8 Å². The van der Waals surface area contributed by atoms with E-state index in [-0.39, 0.29) is 23.5 Å². The first-order chi connectivity index (χ1) is 18.3. The molecule has 0 radical (unpaired) electrons. The molecular weight excluding hydrogens is 502 g/mol. The predicted octanol–water partition coefficient (Wildman–Crippen LogP) is 4.76. The molecule has 2 heterocycles. The quantitative estimate of drug-likeness (QED) is 0.299. The van der Waals surface area contributed by atoms with E-state index in [2.05, 4.69) is 25.6 Å². The summed E-state index contributed by atoms with van der Waals surface area (Å²) in [4.78, 5) is 11.5. The monoisotopic (exact) mass is 531 g/mol. The Balaban J connectivity index is 1.45. The van der Waals surface area contributed by atoms with Crippen molar-refractivity contribution in [1.82, 2.24) is 14.9 Å². The number of fused-ring (bicyclic) bond motifs is 1. The zero-order valence-electron chi connectivity index (χ0n) is 21.2. The zero-order chi connectivity index (χ0) is 26.7. The number of sulfonamides is 1. The molecule has 1 aromatic heterocycles. The number of hydrogen-bond donors (Lipinski definition) is 3. The van der Waals surface area contributed by atoms with Gasteiger partial charge >= 0.3 is 0 Å². The first-order valence-corrected chi connectivity index (χ1v) is 13.9. The van der Waals surface area contributed by atoms with Gasteiger partial charge in [-0.25, -0.2) is 13.1 Å². The average Bonchev–Trinajstić information content (AvgIpc) is 3.43. The van der Waals surface area contributed by atoms with E-state index < -0.39 is 10.0 Å². The maximum Gasteiger partial charge on any atom is 0.240 e. The molecule has 196 valence electrons. The molecule has 0 unspecified atom stereocenters. The summed E-state index contributed by atoms with van der Waals surface area (Å²) >= 11 is 0. The number of carbonyl (C=O) groups is 1. The molecule has 0 saturated carbocycles. The normalized spacial score (nSPS) is 15.5. The second-order valence-electron chi connectivity index (χ2n) is 9.29. The van der Waals surface area contributed by atoms with Crippen molar-refractivity contribution in [1.29, 1.82) is 0 Å². The summed E-state index contributed by atoms with van der Waals surface area (Å²) in [5.74, 6) is 0.429. The Bertz CT molecular complexity index is 1580. The van der Waals surface area contributed by atoms with Crippen LogP contribution in [0.15, 0.2) is 71.6 Å². The van der Waals surface area contributed by atoms with Gasteiger partial charge in [-0.2, -0.15) is 0 Å². The molecule has 4 aromatic rings. The number of amides is 1. The number of aryl methyl sites for hydroxylation is 1. The van der Waals surface area contributed by atoms with Gasteiger partial charge in [-0.3, -0.25) is 4.79 Å². The molecule has 1 aliphatic rings. The summed E-state index contributed by atoms with van der Waals surface area (Å²) in [5, 5.41) is 16.6. The Morgan fingerprint density at radius 2 is 1.74 bits per heavy atom. The third kappa shape index (κ3) is 5.67. The average molecular weight is 532 g/mol. The highest BCUT2D eigenvalue weighted by molar-refractivity contribution is 7.89. The van der Waals surface area contributed by atoms with Gasteiger partial charge in [-0.1, -0.05) is 36.4 Å². The van der Waals surface area contributed by atoms with Crippen molar-refractivity contribution >= 4 is 43.9 Å². The Morgan fingerprint density at radius 1 is 1.00 bits per heavy atom. The molecule has 1 saturated heterocycles. The molecule has 0 aliphatic carbocycles. The minimum Gasteiger partial charge on any atom is -0.377 e. The number of aromatic nitrogens is 2. The van der Waals surface area contributed by atoms with Gasteiger partial charge < -0.3 is 15.4 Å². The lowest BCUT2D eigenvalue weighted by Gasteiger charge is -2.15.